The van der Waals surface area contributed by atoms with Crippen molar-refractivity contribution in [3.63, 3.8) is 0 Å². The number of fused-ring (bicyclic) bond motifs is 1. The van der Waals surface area contributed by atoms with Crippen LogP contribution < -0.4 is 5.32 Å². The Hall–Kier alpha value is -1.84. The quantitative estimate of drug-likeness (QED) is 0.799. The molecule has 1 aliphatic rings. The van der Waals surface area contributed by atoms with Gasteiger partial charge in [-0.2, -0.15) is 0 Å². The summed E-state index contributed by atoms with van der Waals surface area (Å²) in [7, 11) is 0. The Bertz CT molecular complexity index is 523. The Labute approximate surface area is 112 Å². The Kier molecular flexibility index (Phi) is 4.20. The minimum absolute atomic E-state index is 0.233. The maximum Gasteiger partial charge on any atom is 0.333 e. The van der Waals surface area contributed by atoms with E-state index < -0.39 is 5.97 Å². The first-order chi connectivity index (χ1) is 9.11. The normalized spacial score (nSPS) is 13.5. The molecule has 1 heterocycles. The van der Waals surface area contributed by atoms with E-state index in [0.717, 1.165) is 31.4 Å². The van der Waals surface area contributed by atoms with Gasteiger partial charge in [0.15, 0.2) is 0 Å². The molecule has 0 saturated carbocycles. The van der Waals surface area contributed by atoms with Gasteiger partial charge in [-0.05, 0) is 36.1 Å². The molecule has 3 nitrogen and oxygen atoms in total. The molecule has 0 atom stereocenters. The molecular formula is C15H18FNO2. The smallest absolute Gasteiger partial charge is 0.333 e. The largest absolute Gasteiger partial charge is 0.478 e. The number of benzene rings is 1. The van der Waals surface area contributed by atoms with Crippen molar-refractivity contribution in [1.82, 2.24) is 0 Å². The van der Waals surface area contributed by atoms with Crippen LogP contribution in [0.5, 0.6) is 0 Å². The molecule has 19 heavy (non-hydrogen) atoms. The van der Waals surface area contributed by atoms with Crippen molar-refractivity contribution in [2.75, 3.05) is 5.32 Å². The first-order valence-electron chi connectivity index (χ1n) is 6.62. The van der Waals surface area contributed by atoms with Crippen molar-refractivity contribution in [1.29, 1.82) is 0 Å². The molecule has 1 aromatic carbocycles. The number of rotatable bonds is 5. The van der Waals surface area contributed by atoms with Crippen LogP contribution in [0.2, 0.25) is 0 Å². The van der Waals surface area contributed by atoms with E-state index in [1.165, 1.54) is 12.3 Å². The second-order valence-electron chi connectivity index (χ2n) is 4.85. The van der Waals surface area contributed by atoms with Crippen LogP contribution in [-0.4, -0.2) is 11.1 Å². The second kappa shape index (κ2) is 5.87. The number of nitrogens with one attached hydrogen (secondary N) is 1. The molecule has 4 heteroatoms. The summed E-state index contributed by atoms with van der Waals surface area (Å²) in [4.78, 5) is 10.9. The van der Waals surface area contributed by atoms with E-state index in [-0.39, 0.29) is 17.8 Å². The molecule has 0 unspecified atom stereocenters. The third-order valence-electron chi connectivity index (χ3n) is 3.38. The molecule has 1 aliphatic heterocycles. The van der Waals surface area contributed by atoms with Crippen molar-refractivity contribution in [2.24, 2.45) is 0 Å². The Morgan fingerprint density at radius 3 is 2.89 bits per heavy atom. The summed E-state index contributed by atoms with van der Waals surface area (Å²) in [6, 6.07) is 3.26. The highest BCUT2D eigenvalue weighted by Crippen LogP contribution is 2.28. The van der Waals surface area contributed by atoms with Crippen LogP contribution in [0.15, 0.2) is 23.9 Å². The van der Waals surface area contributed by atoms with Crippen molar-refractivity contribution < 1.29 is 14.3 Å². The molecule has 2 rings (SSSR count). The molecule has 0 aromatic heterocycles. The topological polar surface area (TPSA) is 49.3 Å². The predicted molar refractivity (Wildman–Crippen MR) is 72.7 cm³/mol. The van der Waals surface area contributed by atoms with Crippen LogP contribution in [0.25, 0.3) is 0 Å². The van der Waals surface area contributed by atoms with Crippen LogP contribution in [0.3, 0.4) is 0 Å². The fraction of sp³-hybridized carbons (Fsp3) is 0.400. The lowest BCUT2D eigenvalue weighted by Crippen LogP contribution is -2.13. The monoisotopic (exact) mass is 263 g/mol. The third-order valence-corrected chi connectivity index (χ3v) is 3.38. The summed E-state index contributed by atoms with van der Waals surface area (Å²) in [6.07, 6.45) is 5.65. The third kappa shape index (κ3) is 3.13. The maximum atomic E-state index is 13.9. The molecular weight excluding hydrogens is 245 g/mol. The highest BCUT2D eigenvalue weighted by molar-refractivity contribution is 5.89. The molecule has 1 aromatic rings. The van der Waals surface area contributed by atoms with Gasteiger partial charge in [-0.3, -0.25) is 0 Å². The van der Waals surface area contributed by atoms with Gasteiger partial charge in [0.2, 0.25) is 0 Å². The lowest BCUT2D eigenvalue weighted by molar-refractivity contribution is -0.132. The minimum atomic E-state index is -0.967. The van der Waals surface area contributed by atoms with E-state index in [9.17, 15) is 9.18 Å². The van der Waals surface area contributed by atoms with Crippen LogP contribution in [0, 0.1) is 5.82 Å². The molecule has 0 aliphatic carbocycles. The maximum absolute atomic E-state index is 13.9. The summed E-state index contributed by atoms with van der Waals surface area (Å²) < 4.78 is 13.9. The van der Waals surface area contributed by atoms with E-state index >= 15 is 0 Å². The van der Waals surface area contributed by atoms with Gasteiger partial charge < -0.3 is 10.4 Å². The number of aryl methyl sites for hydroxylation is 1. The van der Waals surface area contributed by atoms with Gasteiger partial charge >= 0.3 is 5.97 Å². The zero-order valence-corrected chi connectivity index (χ0v) is 11.0. The summed E-state index contributed by atoms with van der Waals surface area (Å²) in [5.74, 6) is -1.20. The van der Waals surface area contributed by atoms with Crippen LogP contribution in [-0.2, 0) is 17.6 Å². The number of aliphatic carboxylic acids is 1. The zero-order chi connectivity index (χ0) is 13.8. The fourth-order valence-corrected chi connectivity index (χ4v) is 2.26. The number of hydrogen-bond donors (Lipinski definition) is 2. The van der Waals surface area contributed by atoms with Crippen molar-refractivity contribution in [3.8, 4) is 0 Å². The zero-order valence-electron chi connectivity index (χ0n) is 11.0. The van der Waals surface area contributed by atoms with Gasteiger partial charge in [0.25, 0.3) is 0 Å². The molecule has 0 spiro atoms. The molecule has 0 radical (unpaired) electrons. The number of carbonyl (C=O) groups is 1. The second-order valence-corrected chi connectivity index (χ2v) is 4.85. The number of halogens is 1. The number of anilines is 1. The molecule has 0 saturated heterocycles. The van der Waals surface area contributed by atoms with E-state index in [1.807, 2.05) is 0 Å². The molecule has 102 valence electrons. The van der Waals surface area contributed by atoms with E-state index in [4.69, 9.17) is 5.11 Å². The number of carboxylic acids is 1. The van der Waals surface area contributed by atoms with Crippen LogP contribution >= 0.6 is 0 Å². The Balaban J connectivity index is 2.17. The predicted octanol–water partition coefficient (Wildman–Crippen LogP) is 3.49. The highest BCUT2D eigenvalue weighted by atomic mass is 19.1. The number of hydrogen-bond acceptors (Lipinski definition) is 2. The molecule has 0 amide bonds. The molecule has 0 bridgehead atoms. The average Bonchev–Trinajstić information content (AvgIpc) is 2.39. The van der Waals surface area contributed by atoms with Gasteiger partial charge in [0, 0.05) is 18.3 Å². The summed E-state index contributed by atoms with van der Waals surface area (Å²) in [6.45, 7) is 2.11. The van der Waals surface area contributed by atoms with E-state index in [2.05, 4.69) is 12.2 Å². The minimum Gasteiger partial charge on any atom is -0.478 e. The summed E-state index contributed by atoms with van der Waals surface area (Å²) in [5.41, 5.74) is 2.48. The SMILES string of the molecule is CCCCCc1cc2c(cc1F)CC(C(=O)O)=CN2. The molecule has 2 N–H and O–H groups in total. The first kappa shape index (κ1) is 13.6. The highest BCUT2D eigenvalue weighted by Gasteiger charge is 2.18. The average molecular weight is 263 g/mol. The van der Waals surface area contributed by atoms with Gasteiger partial charge in [0.1, 0.15) is 5.82 Å². The van der Waals surface area contributed by atoms with Gasteiger partial charge in [-0.25, -0.2) is 9.18 Å². The fourth-order valence-electron chi connectivity index (χ4n) is 2.26. The van der Waals surface area contributed by atoms with Crippen molar-refractivity contribution in [3.05, 3.63) is 40.8 Å². The Morgan fingerprint density at radius 2 is 2.21 bits per heavy atom. The number of unbranched alkanes of at least 4 members (excludes halogenated alkanes) is 2. The lowest BCUT2D eigenvalue weighted by Gasteiger charge is -2.18. The standard InChI is InChI=1S/C15H18FNO2/c1-2-3-4-5-10-8-14-11(7-13(10)16)6-12(9-17-14)15(18)19/h7-9,17H,2-6H2,1H3,(H,18,19). The van der Waals surface area contributed by atoms with Gasteiger partial charge in [-0.1, -0.05) is 19.8 Å². The summed E-state index contributed by atoms with van der Waals surface area (Å²) >= 11 is 0. The van der Waals surface area contributed by atoms with Crippen LogP contribution in [0.1, 0.15) is 37.3 Å². The molecule has 0 fully saturated rings. The van der Waals surface area contributed by atoms with Crippen LogP contribution in [0.4, 0.5) is 10.1 Å². The van der Waals surface area contributed by atoms with Gasteiger partial charge in [0.05, 0.1) is 5.57 Å². The van der Waals surface area contributed by atoms with E-state index in [0.29, 0.717) is 11.1 Å². The van der Waals surface area contributed by atoms with E-state index in [1.54, 1.807) is 6.07 Å². The first-order valence-corrected chi connectivity index (χ1v) is 6.62. The summed E-state index contributed by atoms with van der Waals surface area (Å²) in [5, 5.41) is 11.9. The van der Waals surface area contributed by atoms with Gasteiger partial charge in [-0.15, -0.1) is 0 Å². The lowest BCUT2D eigenvalue weighted by atomic mass is 9.97. The van der Waals surface area contributed by atoms with Crippen molar-refractivity contribution >= 4 is 11.7 Å². The number of carboxylic acid groups (broad SMARTS) is 1. The Morgan fingerprint density at radius 1 is 1.42 bits per heavy atom. The van der Waals surface area contributed by atoms with Crippen molar-refractivity contribution in [2.45, 2.75) is 39.0 Å².